The minimum atomic E-state index is 0.0220. The van der Waals surface area contributed by atoms with E-state index in [1.807, 2.05) is 66.8 Å². The first-order chi connectivity index (χ1) is 16.1. The maximum Gasteiger partial charge on any atom is 0.254 e. The molecule has 1 amide bonds. The number of hydrogen-bond acceptors (Lipinski definition) is 6. The van der Waals surface area contributed by atoms with Crippen LogP contribution in [0.4, 0.5) is 0 Å². The fourth-order valence-electron chi connectivity index (χ4n) is 4.23. The van der Waals surface area contributed by atoms with Crippen LogP contribution in [0.2, 0.25) is 0 Å². The molecule has 0 unspecified atom stereocenters. The summed E-state index contributed by atoms with van der Waals surface area (Å²) in [5.41, 5.74) is 4.24. The summed E-state index contributed by atoms with van der Waals surface area (Å²) in [4.78, 5) is 26.8. The van der Waals surface area contributed by atoms with Crippen molar-refractivity contribution in [3.8, 4) is 17.0 Å². The Balaban J connectivity index is 1.39. The number of carbonyl (C=O) groups is 1. The molecule has 3 aromatic heterocycles. The van der Waals surface area contributed by atoms with Crippen LogP contribution in [0.3, 0.4) is 0 Å². The van der Waals surface area contributed by atoms with Crippen LogP contribution < -0.4 is 4.74 Å². The van der Waals surface area contributed by atoms with Crippen molar-refractivity contribution in [2.75, 3.05) is 33.3 Å². The Morgan fingerprint density at radius 1 is 1.03 bits per heavy atom. The third-order valence-corrected chi connectivity index (χ3v) is 6.14. The molecule has 0 saturated carbocycles. The summed E-state index contributed by atoms with van der Waals surface area (Å²) >= 11 is 0. The van der Waals surface area contributed by atoms with Gasteiger partial charge in [0.1, 0.15) is 5.75 Å². The van der Waals surface area contributed by atoms with Gasteiger partial charge in [0, 0.05) is 57.7 Å². The predicted molar refractivity (Wildman–Crippen MR) is 126 cm³/mol. The lowest BCUT2D eigenvalue weighted by Crippen LogP contribution is -2.48. The fourth-order valence-corrected chi connectivity index (χ4v) is 4.23. The normalized spacial score (nSPS) is 14.5. The number of methoxy groups -OCH3 is 1. The lowest BCUT2D eigenvalue weighted by Gasteiger charge is -2.35. The van der Waals surface area contributed by atoms with Crippen LogP contribution in [0.25, 0.3) is 22.3 Å². The van der Waals surface area contributed by atoms with Crippen molar-refractivity contribution in [1.82, 2.24) is 29.5 Å². The van der Waals surface area contributed by atoms with E-state index in [2.05, 4.69) is 15.0 Å². The number of piperazine rings is 1. The van der Waals surface area contributed by atoms with Crippen LogP contribution in [0.15, 0.2) is 61.1 Å². The molecule has 0 atom stereocenters. The SMILES string of the molecule is COc1ccc(-c2cc(C(=O)N3CCN(Cc4ccncc4)CC3)c3cnn(C)c3n2)cc1. The molecule has 0 aliphatic carbocycles. The molecule has 0 radical (unpaired) electrons. The van der Waals surface area contributed by atoms with E-state index in [1.54, 1.807) is 18.0 Å². The number of amides is 1. The van der Waals surface area contributed by atoms with Crippen LogP contribution in [0.5, 0.6) is 5.75 Å². The minimum absolute atomic E-state index is 0.0220. The Labute approximate surface area is 192 Å². The predicted octanol–water partition coefficient (Wildman–Crippen LogP) is 3.00. The summed E-state index contributed by atoms with van der Waals surface area (Å²) in [6.07, 6.45) is 5.36. The number of fused-ring (bicyclic) bond motifs is 1. The van der Waals surface area contributed by atoms with Gasteiger partial charge < -0.3 is 9.64 Å². The van der Waals surface area contributed by atoms with Crippen molar-refractivity contribution in [1.29, 1.82) is 0 Å². The third-order valence-electron chi connectivity index (χ3n) is 6.14. The van der Waals surface area contributed by atoms with E-state index in [1.165, 1.54) is 5.56 Å². The number of carbonyl (C=O) groups excluding carboxylic acids is 1. The molecule has 1 aliphatic heterocycles. The number of pyridine rings is 2. The van der Waals surface area contributed by atoms with Crippen LogP contribution >= 0.6 is 0 Å². The van der Waals surface area contributed by atoms with E-state index in [0.29, 0.717) is 24.3 Å². The molecule has 4 aromatic rings. The summed E-state index contributed by atoms with van der Waals surface area (Å²) in [7, 11) is 3.49. The molecule has 1 fully saturated rings. The average molecular weight is 443 g/mol. The van der Waals surface area contributed by atoms with Gasteiger partial charge >= 0.3 is 0 Å². The van der Waals surface area contributed by atoms with Gasteiger partial charge in [0.05, 0.1) is 30.0 Å². The molecular weight excluding hydrogens is 416 g/mol. The van der Waals surface area contributed by atoms with E-state index in [9.17, 15) is 4.79 Å². The summed E-state index contributed by atoms with van der Waals surface area (Å²) < 4.78 is 6.98. The van der Waals surface area contributed by atoms with Crippen molar-refractivity contribution in [2.24, 2.45) is 7.05 Å². The molecule has 4 heterocycles. The number of benzene rings is 1. The largest absolute Gasteiger partial charge is 0.497 e. The van der Waals surface area contributed by atoms with E-state index < -0.39 is 0 Å². The summed E-state index contributed by atoms with van der Waals surface area (Å²) in [6, 6.07) is 13.7. The molecule has 33 heavy (non-hydrogen) atoms. The number of nitrogens with zero attached hydrogens (tertiary/aromatic N) is 6. The zero-order valence-corrected chi connectivity index (χ0v) is 18.8. The third kappa shape index (κ3) is 4.29. The molecule has 1 saturated heterocycles. The minimum Gasteiger partial charge on any atom is -0.497 e. The lowest BCUT2D eigenvalue weighted by molar-refractivity contribution is 0.0630. The van der Waals surface area contributed by atoms with Gasteiger partial charge in [0.2, 0.25) is 0 Å². The van der Waals surface area contributed by atoms with Gasteiger partial charge in [-0.05, 0) is 48.0 Å². The Bertz CT molecular complexity index is 1260. The molecular formula is C25H26N6O2. The first-order valence-electron chi connectivity index (χ1n) is 11.0. The van der Waals surface area contributed by atoms with Crippen molar-refractivity contribution >= 4 is 16.9 Å². The van der Waals surface area contributed by atoms with E-state index in [-0.39, 0.29) is 5.91 Å². The van der Waals surface area contributed by atoms with Crippen molar-refractivity contribution in [3.05, 3.63) is 72.2 Å². The van der Waals surface area contributed by atoms with Gasteiger partial charge in [0.15, 0.2) is 5.65 Å². The second-order valence-electron chi connectivity index (χ2n) is 8.21. The highest BCUT2D eigenvalue weighted by atomic mass is 16.5. The zero-order chi connectivity index (χ0) is 22.8. The first-order valence-corrected chi connectivity index (χ1v) is 11.0. The molecule has 0 spiro atoms. The van der Waals surface area contributed by atoms with Gasteiger partial charge in [-0.1, -0.05) is 0 Å². The smallest absolute Gasteiger partial charge is 0.254 e. The standard InChI is InChI=1S/C25H26N6O2/c1-29-24-22(16-27-29)21(15-23(28-24)19-3-5-20(33-2)6-4-19)25(32)31-13-11-30(12-14-31)17-18-7-9-26-10-8-18/h3-10,15-16H,11-14,17H2,1-2H3. The molecule has 0 bridgehead atoms. The first kappa shape index (κ1) is 21.1. The van der Waals surface area contributed by atoms with Crippen molar-refractivity contribution < 1.29 is 9.53 Å². The number of aryl methyl sites for hydroxylation is 1. The highest BCUT2D eigenvalue weighted by Gasteiger charge is 2.25. The number of aromatic nitrogens is 4. The molecule has 8 heteroatoms. The van der Waals surface area contributed by atoms with Gasteiger partial charge in [-0.2, -0.15) is 5.10 Å². The maximum absolute atomic E-state index is 13.6. The highest BCUT2D eigenvalue weighted by Crippen LogP contribution is 2.27. The lowest BCUT2D eigenvalue weighted by atomic mass is 10.1. The van der Waals surface area contributed by atoms with Gasteiger partial charge in [-0.15, -0.1) is 0 Å². The van der Waals surface area contributed by atoms with E-state index in [4.69, 9.17) is 9.72 Å². The fraction of sp³-hybridized carbons (Fsp3) is 0.280. The van der Waals surface area contributed by atoms with Crippen LogP contribution in [-0.4, -0.2) is 68.7 Å². The van der Waals surface area contributed by atoms with Gasteiger partial charge in [-0.25, -0.2) is 4.98 Å². The molecule has 168 valence electrons. The summed E-state index contributed by atoms with van der Waals surface area (Å²) in [5, 5.41) is 5.13. The Morgan fingerprint density at radius 3 is 2.45 bits per heavy atom. The summed E-state index contributed by atoms with van der Waals surface area (Å²) in [5.74, 6) is 0.801. The number of ether oxygens (including phenoxy) is 1. The zero-order valence-electron chi connectivity index (χ0n) is 18.8. The molecule has 8 nitrogen and oxygen atoms in total. The second kappa shape index (κ2) is 8.99. The second-order valence-corrected chi connectivity index (χ2v) is 8.21. The van der Waals surface area contributed by atoms with Crippen molar-refractivity contribution in [2.45, 2.75) is 6.54 Å². The Kier molecular flexibility index (Phi) is 5.75. The van der Waals surface area contributed by atoms with Crippen molar-refractivity contribution in [3.63, 3.8) is 0 Å². The Morgan fingerprint density at radius 2 is 1.76 bits per heavy atom. The van der Waals surface area contributed by atoms with Crippen LogP contribution in [-0.2, 0) is 13.6 Å². The number of hydrogen-bond donors (Lipinski definition) is 0. The molecule has 1 aliphatic rings. The van der Waals surface area contributed by atoms with E-state index >= 15 is 0 Å². The van der Waals surface area contributed by atoms with Gasteiger partial charge in [-0.3, -0.25) is 19.4 Å². The Hall–Kier alpha value is -3.78. The number of rotatable bonds is 5. The van der Waals surface area contributed by atoms with Crippen LogP contribution in [0, 0.1) is 0 Å². The highest BCUT2D eigenvalue weighted by molar-refractivity contribution is 6.06. The monoisotopic (exact) mass is 442 g/mol. The molecule has 0 N–H and O–H groups in total. The molecule has 1 aromatic carbocycles. The maximum atomic E-state index is 13.6. The van der Waals surface area contributed by atoms with Crippen LogP contribution in [0.1, 0.15) is 15.9 Å². The topological polar surface area (TPSA) is 76.4 Å². The molecule has 5 rings (SSSR count). The van der Waals surface area contributed by atoms with E-state index in [0.717, 1.165) is 42.0 Å². The summed E-state index contributed by atoms with van der Waals surface area (Å²) in [6.45, 7) is 3.91. The van der Waals surface area contributed by atoms with Gasteiger partial charge in [0.25, 0.3) is 5.91 Å². The quantitative estimate of drug-likeness (QED) is 0.473. The average Bonchev–Trinajstić information content (AvgIpc) is 3.25.